The van der Waals surface area contributed by atoms with Crippen molar-refractivity contribution in [1.29, 1.82) is 0 Å². The van der Waals surface area contributed by atoms with Gasteiger partial charge in [-0.15, -0.1) is 0 Å². The van der Waals surface area contributed by atoms with E-state index in [1.165, 1.54) is 0 Å². The summed E-state index contributed by atoms with van der Waals surface area (Å²) in [5.74, 6) is 0. The van der Waals surface area contributed by atoms with Crippen molar-refractivity contribution in [2.75, 3.05) is 0 Å². The van der Waals surface area contributed by atoms with E-state index < -0.39 is 5.60 Å². The second kappa shape index (κ2) is 3.79. The number of aromatic nitrogens is 1. The largest absolute Gasteiger partial charge is 0.385 e. The van der Waals surface area contributed by atoms with Crippen LogP contribution in [0.5, 0.6) is 0 Å². The fourth-order valence-corrected chi connectivity index (χ4v) is 3.30. The molecule has 1 heterocycles. The summed E-state index contributed by atoms with van der Waals surface area (Å²) in [5, 5.41) is 13.4. The molecule has 1 aromatic carbocycles. The molecule has 0 aliphatic heterocycles. The summed E-state index contributed by atoms with van der Waals surface area (Å²) in [7, 11) is 0. The van der Waals surface area contributed by atoms with Gasteiger partial charge in [0.1, 0.15) is 0 Å². The van der Waals surface area contributed by atoms with Crippen molar-refractivity contribution in [3.8, 4) is 0 Å². The summed E-state index contributed by atoms with van der Waals surface area (Å²) in [6, 6.07) is 8.16. The monoisotopic (exact) mass is 241 g/mol. The molecule has 1 unspecified atom stereocenters. The van der Waals surface area contributed by atoms with Crippen molar-refractivity contribution >= 4 is 10.8 Å². The molecule has 1 aromatic heterocycles. The Balaban J connectivity index is 2.26. The van der Waals surface area contributed by atoms with E-state index in [4.69, 9.17) is 0 Å². The maximum Gasteiger partial charge on any atom is 0.0953 e. The predicted octanol–water partition coefficient (Wildman–Crippen LogP) is 3.63. The van der Waals surface area contributed by atoms with Crippen LogP contribution in [-0.2, 0) is 5.60 Å². The molecule has 0 amide bonds. The first-order valence-electron chi connectivity index (χ1n) is 6.60. The Morgan fingerprint density at radius 3 is 2.72 bits per heavy atom. The summed E-state index contributed by atoms with van der Waals surface area (Å²) >= 11 is 0. The van der Waals surface area contributed by atoms with Crippen LogP contribution in [0.2, 0.25) is 0 Å². The van der Waals surface area contributed by atoms with Crippen LogP contribution in [0.4, 0.5) is 0 Å². The second-order valence-electron chi connectivity index (χ2n) is 6.00. The Morgan fingerprint density at radius 1 is 1.17 bits per heavy atom. The zero-order valence-corrected chi connectivity index (χ0v) is 11.0. The third-order valence-electron chi connectivity index (χ3n) is 4.59. The zero-order chi connectivity index (χ0) is 12.8. The Kier molecular flexibility index (Phi) is 2.46. The Hall–Kier alpha value is -1.41. The molecule has 1 atom stereocenters. The molecule has 2 aromatic rings. The number of aliphatic hydroxyl groups is 1. The van der Waals surface area contributed by atoms with Crippen LogP contribution in [0.25, 0.3) is 10.8 Å². The Morgan fingerprint density at radius 2 is 2.00 bits per heavy atom. The summed E-state index contributed by atoms with van der Waals surface area (Å²) in [6.07, 6.45) is 6.67. The van der Waals surface area contributed by atoms with Crippen molar-refractivity contribution < 1.29 is 5.11 Å². The van der Waals surface area contributed by atoms with Gasteiger partial charge in [0.15, 0.2) is 0 Å². The first-order chi connectivity index (χ1) is 8.55. The fourth-order valence-electron chi connectivity index (χ4n) is 3.30. The number of hydrogen-bond acceptors (Lipinski definition) is 2. The lowest BCUT2D eigenvalue weighted by atomic mass is 9.72. The first-order valence-corrected chi connectivity index (χ1v) is 6.60. The smallest absolute Gasteiger partial charge is 0.0953 e. The summed E-state index contributed by atoms with van der Waals surface area (Å²) < 4.78 is 0. The van der Waals surface area contributed by atoms with Gasteiger partial charge < -0.3 is 5.11 Å². The van der Waals surface area contributed by atoms with E-state index in [1.807, 2.05) is 18.3 Å². The molecule has 1 aliphatic rings. The molecule has 1 fully saturated rings. The lowest BCUT2D eigenvalue weighted by molar-refractivity contribution is -0.0472. The third kappa shape index (κ3) is 1.49. The summed E-state index contributed by atoms with van der Waals surface area (Å²) in [5.41, 5.74) is 0.239. The van der Waals surface area contributed by atoms with Crippen LogP contribution in [0.15, 0.2) is 36.7 Å². The van der Waals surface area contributed by atoms with Crippen LogP contribution in [0.3, 0.4) is 0 Å². The average Bonchev–Trinajstić information content (AvgIpc) is 2.64. The van der Waals surface area contributed by atoms with Gasteiger partial charge in [-0.25, -0.2) is 0 Å². The van der Waals surface area contributed by atoms with Gasteiger partial charge in [-0.3, -0.25) is 4.98 Å². The maximum absolute atomic E-state index is 11.2. The molecule has 2 nitrogen and oxygen atoms in total. The van der Waals surface area contributed by atoms with Gasteiger partial charge in [0.25, 0.3) is 0 Å². The number of hydrogen-bond donors (Lipinski definition) is 1. The minimum atomic E-state index is -0.727. The van der Waals surface area contributed by atoms with Gasteiger partial charge in [-0.05, 0) is 41.7 Å². The second-order valence-corrected chi connectivity index (χ2v) is 6.00. The van der Waals surface area contributed by atoms with Crippen LogP contribution >= 0.6 is 0 Å². The van der Waals surface area contributed by atoms with Gasteiger partial charge in [0, 0.05) is 17.8 Å². The molecule has 1 saturated carbocycles. The molecule has 3 rings (SSSR count). The van der Waals surface area contributed by atoms with Crippen molar-refractivity contribution in [1.82, 2.24) is 4.98 Å². The highest BCUT2D eigenvalue weighted by Gasteiger charge is 2.49. The van der Waals surface area contributed by atoms with Gasteiger partial charge in [-0.2, -0.15) is 0 Å². The zero-order valence-electron chi connectivity index (χ0n) is 11.0. The number of fused-ring (bicyclic) bond motifs is 1. The lowest BCUT2D eigenvalue weighted by Gasteiger charge is -2.38. The van der Waals surface area contributed by atoms with E-state index in [2.05, 4.69) is 31.0 Å². The number of nitrogens with zero attached hydrogens (tertiary/aromatic N) is 1. The van der Waals surface area contributed by atoms with Crippen molar-refractivity contribution in [2.45, 2.75) is 38.7 Å². The highest BCUT2D eigenvalue weighted by molar-refractivity contribution is 5.85. The molecule has 1 aliphatic carbocycles. The third-order valence-corrected chi connectivity index (χ3v) is 4.59. The minimum absolute atomic E-state index is 0.0723. The van der Waals surface area contributed by atoms with Crippen molar-refractivity contribution in [3.05, 3.63) is 42.2 Å². The normalized spacial score (nSPS) is 26.6. The van der Waals surface area contributed by atoms with E-state index in [1.54, 1.807) is 6.20 Å². The van der Waals surface area contributed by atoms with Crippen LogP contribution in [-0.4, -0.2) is 10.1 Å². The van der Waals surface area contributed by atoms with Crippen molar-refractivity contribution in [2.24, 2.45) is 5.41 Å². The molecule has 0 spiro atoms. The standard InChI is InChI=1S/C16H19NO/c1-15(2)8-4-9-16(15,18)14-6-3-5-12-7-10-17-11-13(12)14/h3,5-7,10-11,18H,4,8-9H2,1-2H3. The SMILES string of the molecule is CC1(C)CCCC1(O)c1cccc2ccncc12. The van der Waals surface area contributed by atoms with E-state index in [0.717, 1.165) is 35.6 Å². The highest BCUT2D eigenvalue weighted by atomic mass is 16.3. The molecule has 0 radical (unpaired) electrons. The predicted molar refractivity (Wildman–Crippen MR) is 73.3 cm³/mol. The van der Waals surface area contributed by atoms with E-state index in [-0.39, 0.29) is 5.41 Å². The van der Waals surface area contributed by atoms with E-state index in [0.29, 0.717) is 0 Å². The quantitative estimate of drug-likeness (QED) is 0.827. The maximum atomic E-state index is 11.2. The van der Waals surface area contributed by atoms with E-state index >= 15 is 0 Å². The molecule has 0 saturated heterocycles. The van der Waals surface area contributed by atoms with Crippen LogP contribution < -0.4 is 0 Å². The van der Waals surface area contributed by atoms with Crippen LogP contribution in [0, 0.1) is 5.41 Å². The van der Waals surface area contributed by atoms with Crippen LogP contribution in [0.1, 0.15) is 38.7 Å². The molecule has 1 N–H and O–H groups in total. The number of benzene rings is 1. The molecular weight excluding hydrogens is 222 g/mol. The van der Waals surface area contributed by atoms with E-state index in [9.17, 15) is 5.11 Å². The highest BCUT2D eigenvalue weighted by Crippen LogP contribution is 2.53. The fraction of sp³-hybridized carbons (Fsp3) is 0.438. The van der Waals surface area contributed by atoms with Gasteiger partial charge in [0.05, 0.1) is 5.60 Å². The topological polar surface area (TPSA) is 33.1 Å². The minimum Gasteiger partial charge on any atom is -0.385 e. The molecule has 2 heteroatoms. The Labute approximate surface area is 108 Å². The summed E-state index contributed by atoms with van der Waals surface area (Å²) in [6.45, 7) is 4.32. The van der Waals surface area contributed by atoms with Crippen molar-refractivity contribution in [3.63, 3.8) is 0 Å². The molecule has 18 heavy (non-hydrogen) atoms. The number of rotatable bonds is 1. The van der Waals surface area contributed by atoms with Gasteiger partial charge in [-0.1, -0.05) is 32.0 Å². The molecular formula is C16H19NO. The lowest BCUT2D eigenvalue weighted by Crippen LogP contribution is -2.37. The summed E-state index contributed by atoms with van der Waals surface area (Å²) in [4.78, 5) is 4.21. The Bertz CT molecular complexity index is 585. The molecule has 0 bridgehead atoms. The number of pyridine rings is 1. The average molecular weight is 241 g/mol. The first kappa shape index (κ1) is 11.7. The molecule has 94 valence electrons. The van der Waals surface area contributed by atoms with Gasteiger partial charge >= 0.3 is 0 Å². The van der Waals surface area contributed by atoms with Gasteiger partial charge in [0.2, 0.25) is 0 Å².